The average molecular weight is 198 g/mol. The highest BCUT2D eigenvalue weighted by Gasteiger charge is 2.07. The largest absolute Gasteiger partial charge is 0.444 e. The molecule has 4 nitrogen and oxygen atoms in total. The minimum atomic E-state index is -0.129. The Kier molecular flexibility index (Phi) is 4.62. The van der Waals surface area contributed by atoms with Gasteiger partial charge in [-0.2, -0.15) is 0 Å². The molecule has 1 atom stereocenters. The Balaban J connectivity index is 2.29. The van der Waals surface area contributed by atoms with Crippen molar-refractivity contribution in [2.24, 2.45) is 5.73 Å². The first-order chi connectivity index (χ1) is 6.74. The molecule has 0 aliphatic heterocycles. The van der Waals surface area contributed by atoms with Crippen LogP contribution in [0.3, 0.4) is 0 Å². The molecule has 2 N–H and O–H groups in total. The summed E-state index contributed by atoms with van der Waals surface area (Å²) in [5, 5.41) is 0. The summed E-state index contributed by atoms with van der Waals surface area (Å²) in [6.07, 6.45) is 3.56. The highest BCUT2D eigenvalue weighted by Crippen LogP contribution is 2.11. The van der Waals surface area contributed by atoms with Crippen LogP contribution in [0.2, 0.25) is 0 Å². The molecule has 1 aromatic rings. The Morgan fingerprint density at radius 1 is 1.64 bits per heavy atom. The van der Waals surface area contributed by atoms with Crippen molar-refractivity contribution >= 4 is 0 Å². The van der Waals surface area contributed by atoms with E-state index < -0.39 is 0 Å². The van der Waals surface area contributed by atoms with E-state index in [0.717, 1.165) is 31.8 Å². The lowest BCUT2D eigenvalue weighted by molar-refractivity contribution is 0.144. The topological polar surface area (TPSA) is 61.3 Å². The molecule has 14 heavy (non-hydrogen) atoms. The normalized spacial score (nSPS) is 13.1. The van der Waals surface area contributed by atoms with Crippen LogP contribution in [0.1, 0.15) is 38.0 Å². The molecule has 1 aromatic heterocycles. The number of nitrogens with zero attached hydrogens (tertiary/aromatic N) is 1. The number of hydrogen-bond donors (Lipinski definition) is 1. The summed E-state index contributed by atoms with van der Waals surface area (Å²) in [7, 11) is 0. The predicted molar refractivity (Wildman–Crippen MR) is 53.9 cm³/mol. The van der Waals surface area contributed by atoms with Crippen molar-refractivity contribution in [3.8, 4) is 0 Å². The molecule has 1 rings (SSSR count). The number of aryl methyl sites for hydroxylation is 1. The van der Waals surface area contributed by atoms with Gasteiger partial charge in [0.15, 0.2) is 0 Å². The molecular weight excluding hydrogens is 180 g/mol. The first kappa shape index (κ1) is 11.2. The SMILES string of the molecule is CCOCCCc1cnc(C(C)N)o1. The number of nitrogens with two attached hydrogens (primary N) is 1. The fourth-order valence-corrected chi connectivity index (χ4v) is 1.14. The summed E-state index contributed by atoms with van der Waals surface area (Å²) in [6, 6.07) is -0.129. The van der Waals surface area contributed by atoms with Crippen LogP contribution in [-0.2, 0) is 11.2 Å². The van der Waals surface area contributed by atoms with Gasteiger partial charge in [-0.05, 0) is 20.3 Å². The fourth-order valence-electron chi connectivity index (χ4n) is 1.14. The second-order valence-electron chi connectivity index (χ2n) is 3.25. The van der Waals surface area contributed by atoms with Gasteiger partial charge in [0.1, 0.15) is 5.76 Å². The maximum Gasteiger partial charge on any atom is 0.210 e. The van der Waals surface area contributed by atoms with Crippen LogP contribution in [0.4, 0.5) is 0 Å². The number of hydrogen-bond acceptors (Lipinski definition) is 4. The van der Waals surface area contributed by atoms with Crippen molar-refractivity contribution in [2.45, 2.75) is 32.7 Å². The highest BCUT2D eigenvalue weighted by molar-refractivity contribution is 4.96. The van der Waals surface area contributed by atoms with Crippen LogP contribution in [0, 0.1) is 0 Å². The minimum Gasteiger partial charge on any atom is -0.444 e. The third-order valence-corrected chi connectivity index (χ3v) is 1.88. The van der Waals surface area contributed by atoms with Crippen LogP contribution in [0.15, 0.2) is 10.6 Å². The van der Waals surface area contributed by atoms with Crippen molar-refractivity contribution in [2.75, 3.05) is 13.2 Å². The van der Waals surface area contributed by atoms with Gasteiger partial charge in [0.2, 0.25) is 5.89 Å². The second kappa shape index (κ2) is 5.78. The minimum absolute atomic E-state index is 0.129. The Labute approximate surface area is 84.5 Å². The van der Waals surface area contributed by atoms with E-state index in [2.05, 4.69) is 4.98 Å². The van der Waals surface area contributed by atoms with Gasteiger partial charge in [0.25, 0.3) is 0 Å². The number of oxazole rings is 1. The molecule has 80 valence electrons. The molecule has 0 bridgehead atoms. The lowest BCUT2D eigenvalue weighted by atomic mass is 10.3. The molecule has 4 heteroatoms. The Morgan fingerprint density at radius 2 is 2.43 bits per heavy atom. The molecule has 0 aliphatic rings. The Bertz CT molecular complexity index is 258. The maximum atomic E-state index is 5.62. The van der Waals surface area contributed by atoms with Gasteiger partial charge in [-0.3, -0.25) is 0 Å². The standard InChI is InChI=1S/C10H18N2O2/c1-3-13-6-4-5-9-7-12-10(14-9)8(2)11/h7-8H,3-6,11H2,1-2H3. The highest BCUT2D eigenvalue weighted by atomic mass is 16.5. The molecule has 0 saturated carbocycles. The summed E-state index contributed by atoms with van der Waals surface area (Å²) < 4.78 is 10.7. The van der Waals surface area contributed by atoms with E-state index in [4.69, 9.17) is 14.9 Å². The van der Waals surface area contributed by atoms with Crippen LogP contribution in [0.5, 0.6) is 0 Å². The third kappa shape index (κ3) is 3.47. The van der Waals surface area contributed by atoms with Gasteiger partial charge >= 0.3 is 0 Å². The average Bonchev–Trinajstić information content (AvgIpc) is 2.61. The quantitative estimate of drug-likeness (QED) is 0.706. The van der Waals surface area contributed by atoms with Gasteiger partial charge in [0, 0.05) is 19.6 Å². The summed E-state index contributed by atoms with van der Waals surface area (Å²) in [6.45, 7) is 5.38. The van der Waals surface area contributed by atoms with Gasteiger partial charge < -0.3 is 14.9 Å². The van der Waals surface area contributed by atoms with Gasteiger partial charge in [-0.15, -0.1) is 0 Å². The van der Waals surface area contributed by atoms with Crippen molar-refractivity contribution in [1.82, 2.24) is 4.98 Å². The zero-order chi connectivity index (χ0) is 10.4. The van der Waals surface area contributed by atoms with Gasteiger partial charge in [0.05, 0.1) is 12.2 Å². The molecule has 1 unspecified atom stereocenters. The molecule has 0 aliphatic carbocycles. The van der Waals surface area contributed by atoms with Gasteiger partial charge in [-0.1, -0.05) is 0 Å². The summed E-state index contributed by atoms with van der Waals surface area (Å²) in [5.74, 6) is 1.49. The number of rotatable bonds is 6. The molecule has 0 spiro atoms. The zero-order valence-electron chi connectivity index (χ0n) is 8.82. The molecule has 0 amide bonds. The van der Waals surface area contributed by atoms with Crippen molar-refractivity contribution in [3.63, 3.8) is 0 Å². The number of aromatic nitrogens is 1. The third-order valence-electron chi connectivity index (χ3n) is 1.88. The van der Waals surface area contributed by atoms with E-state index in [0.29, 0.717) is 5.89 Å². The van der Waals surface area contributed by atoms with E-state index in [1.54, 1.807) is 6.20 Å². The lowest BCUT2D eigenvalue weighted by Crippen LogP contribution is -2.04. The summed E-state index contributed by atoms with van der Waals surface area (Å²) in [4.78, 5) is 4.08. The van der Waals surface area contributed by atoms with Crippen LogP contribution >= 0.6 is 0 Å². The molecular formula is C10H18N2O2. The number of ether oxygens (including phenoxy) is 1. The van der Waals surface area contributed by atoms with E-state index in [9.17, 15) is 0 Å². The molecule has 0 radical (unpaired) electrons. The smallest absolute Gasteiger partial charge is 0.210 e. The van der Waals surface area contributed by atoms with Crippen molar-refractivity contribution in [1.29, 1.82) is 0 Å². The summed E-state index contributed by atoms with van der Waals surface area (Å²) in [5.41, 5.74) is 5.62. The van der Waals surface area contributed by atoms with E-state index >= 15 is 0 Å². The van der Waals surface area contributed by atoms with Crippen molar-refractivity contribution in [3.05, 3.63) is 17.8 Å². The molecule has 0 fully saturated rings. The zero-order valence-corrected chi connectivity index (χ0v) is 8.82. The predicted octanol–water partition coefficient (Wildman–Crippen LogP) is 1.66. The second-order valence-corrected chi connectivity index (χ2v) is 3.25. The summed E-state index contributed by atoms with van der Waals surface area (Å²) >= 11 is 0. The van der Waals surface area contributed by atoms with Crippen LogP contribution in [-0.4, -0.2) is 18.2 Å². The van der Waals surface area contributed by atoms with E-state index in [-0.39, 0.29) is 6.04 Å². The van der Waals surface area contributed by atoms with Gasteiger partial charge in [-0.25, -0.2) is 4.98 Å². The lowest BCUT2D eigenvalue weighted by Gasteiger charge is -1.99. The molecule has 0 saturated heterocycles. The fraction of sp³-hybridized carbons (Fsp3) is 0.700. The van der Waals surface area contributed by atoms with Crippen LogP contribution < -0.4 is 5.73 Å². The Hall–Kier alpha value is -0.870. The van der Waals surface area contributed by atoms with Crippen molar-refractivity contribution < 1.29 is 9.15 Å². The van der Waals surface area contributed by atoms with Crippen LogP contribution in [0.25, 0.3) is 0 Å². The van der Waals surface area contributed by atoms with E-state index in [1.165, 1.54) is 0 Å². The maximum absolute atomic E-state index is 5.62. The first-order valence-corrected chi connectivity index (χ1v) is 5.02. The first-order valence-electron chi connectivity index (χ1n) is 5.02. The monoisotopic (exact) mass is 198 g/mol. The molecule has 0 aromatic carbocycles. The van der Waals surface area contributed by atoms with E-state index in [1.807, 2.05) is 13.8 Å². The Morgan fingerprint density at radius 3 is 3.00 bits per heavy atom. The molecule has 1 heterocycles.